The quantitative estimate of drug-likeness (QED) is 0.729. The van der Waals surface area contributed by atoms with Crippen LogP contribution in [0.25, 0.3) is 0 Å². The maximum absolute atomic E-state index is 12.4. The van der Waals surface area contributed by atoms with Crippen LogP contribution in [0.15, 0.2) is 0 Å². The van der Waals surface area contributed by atoms with Crippen LogP contribution < -0.4 is 5.32 Å². The molecule has 29 heavy (non-hydrogen) atoms. The Morgan fingerprint density at radius 1 is 1.17 bits per heavy atom. The molecule has 2 amide bonds. The zero-order valence-electron chi connectivity index (χ0n) is 17.5. The number of amides is 2. The van der Waals surface area contributed by atoms with Gasteiger partial charge in [0, 0.05) is 26.2 Å². The molecule has 0 bridgehead atoms. The second-order valence-electron chi connectivity index (χ2n) is 8.78. The first-order valence-electron chi connectivity index (χ1n) is 10.8. The summed E-state index contributed by atoms with van der Waals surface area (Å²) in [6.45, 7) is 9.24. The average Bonchev–Trinajstić information content (AvgIpc) is 3.45. The molecule has 8 heteroatoms. The first-order chi connectivity index (χ1) is 14.0. The Balaban J connectivity index is 1.22. The minimum atomic E-state index is -0.152. The van der Waals surface area contributed by atoms with Crippen molar-refractivity contribution in [2.75, 3.05) is 45.9 Å². The Labute approximate surface area is 176 Å². The number of hydrogen-bond acceptors (Lipinski definition) is 6. The number of piperidine rings is 1. The molecule has 0 spiro atoms. The summed E-state index contributed by atoms with van der Waals surface area (Å²) < 4.78 is 5.67. The van der Waals surface area contributed by atoms with Crippen LogP contribution in [-0.2, 0) is 9.53 Å². The van der Waals surface area contributed by atoms with Crippen LogP contribution >= 0.6 is 11.3 Å². The van der Waals surface area contributed by atoms with Crippen molar-refractivity contribution >= 4 is 23.2 Å². The Bertz CT molecular complexity index is 740. The van der Waals surface area contributed by atoms with E-state index in [1.54, 1.807) is 0 Å². The minimum Gasteiger partial charge on any atom is -0.365 e. The maximum atomic E-state index is 12.4. The summed E-state index contributed by atoms with van der Waals surface area (Å²) in [5.41, 5.74) is 0.763. The molecule has 0 radical (unpaired) electrons. The van der Waals surface area contributed by atoms with Crippen molar-refractivity contribution in [1.29, 1.82) is 0 Å². The zero-order chi connectivity index (χ0) is 20.4. The van der Waals surface area contributed by atoms with Gasteiger partial charge in [0.25, 0.3) is 5.91 Å². The van der Waals surface area contributed by atoms with Crippen LogP contribution in [0.3, 0.4) is 0 Å². The van der Waals surface area contributed by atoms with Crippen LogP contribution in [0.1, 0.15) is 46.1 Å². The Morgan fingerprint density at radius 2 is 1.90 bits per heavy atom. The number of carbonyl (C=O) groups excluding carboxylic acids is 2. The van der Waals surface area contributed by atoms with Crippen molar-refractivity contribution in [3.8, 4) is 0 Å². The number of carbonyl (C=O) groups is 2. The number of morpholine rings is 1. The van der Waals surface area contributed by atoms with Crippen LogP contribution in [0.2, 0.25) is 0 Å². The summed E-state index contributed by atoms with van der Waals surface area (Å²) in [7, 11) is 0. The first-order valence-corrected chi connectivity index (χ1v) is 11.6. The van der Waals surface area contributed by atoms with Gasteiger partial charge in [-0.1, -0.05) is 0 Å². The van der Waals surface area contributed by atoms with Gasteiger partial charge in [-0.05, 0) is 64.5 Å². The highest BCUT2D eigenvalue weighted by Crippen LogP contribution is 2.31. The average molecular weight is 421 g/mol. The van der Waals surface area contributed by atoms with E-state index in [1.807, 2.05) is 18.7 Å². The summed E-state index contributed by atoms with van der Waals surface area (Å²) in [6, 6.07) is 0. The Kier molecular flexibility index (Phi) is 6.51. The lowest BCUT2D eigenvalue weighted by atomic mass is 9.95. The molecule has 1 aromatic rings. The first kappa shape index (κ1) is 20.8. The molecular weight excluding hydrogens is 388 g/mol. The van der Waals surface area contributed by atoms with Crippen molar-refractivity contribution in [3.05, 3.63) is 15.6 Å². The van der Waals surface area contributed by atoms with Gasteiger partial charge in [0.1, 0.15) is 11.5 Å². The van der Waals surface area contributed by atoms with E-state index in [1.165, 1.54) is 43.6 Å². The van der Waals surface area contributed by atoms with Crippen molar-refractivity contribution in [1.82, 2.24) is 20.1 Å². The van der Waals surface area contributed by atoms with Gasteiger partial charge in [-0.2, -0.15) is 0 Å². The summed E-state index contributed by atoms with van der Waals surface area (Å²) in [5.74, 6) is 1.48. The number of aromatic nitrogens is 1. The van der Waals surface area contributed by atoms with Gasteiger partial charge in [-0.25, -0.2) is 4.98 Å². The lowest BCUT2D eigenvalue weighted by Gasteiger charge is -2.38. The van der Waals surface area contributed by atoms with Gasteiger partial charge >= 0.3 is 0 Å². The van der Waals surface area contributed by atoms with E-state index < -0.39 is 0 Å². The predicted molar refractivity (Wildman–Crippen MR) is 112 cm³/mol. The Morgan fingerprint density at radius 3 is 2.55 bits per heavy atom. The van der Waals surface area contributed by atoms with Crippen LogP contribution in [0.5, 0.6) is 0 Å². The number of ether oxygens (including phenoxy) is 1. The topological polar surface area (TPSA) is 74.8 Å². The van der Waals surface area contributed by atoms with E-state index in [0.29, 0.717) is 23.9 Å². The third kappa shape index (κ3) is 5.55. The smallest absolute Gasteiger partial charge is 0.263 e. The largest absolute Gasteiger partial charge is 0.365 e. The lowest BCUT2D eigenvalue weighted by Crippen LogP contribution is -2.52. The van der Waals surface area contributed by atoms with Gasteiger partial charge in [-0.3, -0.25) is 9.59 Å². The molecule has 7 nitrogen and oxygen atoms in total. The minimum absolute atomic E-state index is 0.0712. The normalized spacial score (nSPS) is 24.1. The SMILES string of the molecule is Cc1nc(C)c(C(=O)NCC2CN(CC3CCN(CC4CC4)CC3)C(=O)CO2)s1. The molecule has 1 aromatic heterocycles. The van der Waals surface area contributed by atoms with E-state index in [4.69, 9.17) is 4.74 Å². The molecule has 3 heterocycles. The number of aryl methyl sites for hydroxylation is 2. The number of rotatable bonds is 7. The molecule has 1 aliphatic carbocycles. The molecule has 3 aliphatic rings. The molecule has 4 rings (SSSR count). The fraction of sp³-hybridized carbons (Fsp3) is 0.762. The third-order valence-electron chi connectivity index (χ3n) is 6.22. The fourth-order valence-corrected chi connectivity index (χ4v) is 5.17. The predicted octanol–water partition coefficient (Wildman–Crippen LogP) is 1.84. The molecule has 2 saturated heterocycles. The van der Waals surface area contributed by atoms with Crippen LogP contribution in [0, 0.1) is 25.7 Å². The standard InChI is InChI=1S/C21H32N4O3S/c1-14-20(29-15(2)23-14)21(27)22-9-18-12-25(19(26)13-28-18)11-17-5-7-24(8-6-17)10-16-3-4-16/h16-18H,3-13H2,1-2H3,(H,22,27). The van der Waals surface area contributed by atoms with Crippen molar-refractivity contribution < 1.29 is 14.3 Å². The molecule has 0 aromatic carbocycles. The number of nitrogens with zero attached hydrogens (tertiary/aromatic N) is 3. The molecule has 3 fully saturated rings. The summed E-state index contributed by atoms with van der Waals surface area (Å²) in [4.78, 5) is 34.3. The molecule has 1 saturated carbocycles. The highest BCUT2D eigenvalue weighted by Gasteiger charge is 2.31. The van der Waals surface area contributed by atoms with Gasteiger partial charge in [-0.15, -0.1) is 11.3 Å². The van der Waals surface area contributed by atoms with E-state index in [0.717, 1.165) is 36.3 Å². The van der Waals surface area contributed by atoms with E-state index in [2.05, 4.69) is 15.2 Å². The molecular formula is C21H32N4O3S. The molecule has 1 unspecified atom stereocenters. The van der Waals surface area contributed by atoms with Crippen LogP contribution in [-0.4, -0.2) is 78.6 Å². The highest BCUT2D eigenvalue weighted by molar-refractivity contribution is 7.13. The number of thiazole rings is 1. The zero-order valence-corrected chi connectivity index (χ0v) is 18.3. The highest BCUT2D eigenvalue weighted by atomic mass is 32.1. The van der Waals surface area contributed by atoms with Gasteiger partial charge in [0.05, 0.1) is 16.8 Å². The molecule has 1 atom stereocenters. The third-order valence-corrected chi connectivity index (χ3v) is 7.29. The second kappa shape index (κ2) is 9.10. The number of hydrogen-bond donors (Lipinski definition) is 1. The van der Waals surface area contributed by atoms with Crippen LogP contribution in [0.4, 0.5) is 0 Å². The molecule has 1 N–H and O–H groups in total. The lowest BCUT2D eigenvalue weighted by molar-refractivity contribution is -0.149. The van der Waals surface area contributed by atoms with Gasteiger partial charge in [0.15, 0.2) is 0 Å². The summed E-state index contributed by atoms with van der Waals surface area (Å²) >= 11 is 1.41. The van der Waals surface area contributed by atoms with E-state index in [-0.39, 0.29) is 24.5 Å². The monoisotopic (exact) mass is 420 g/mol. The summed E-state index contributed by atoms with van der Waals surface area (Å²) in [6.07, 6.45) is 5.00. The molecule has 2 aliphatic heterocycles. The molecule has 160 valence electrons. The number of nitrogens with one attached hydrogen (secondary N) is 1. The van der Waals surface area contributed by atoms with E-state index in [9.17, 15) is 9.59 Å². The Hall–Kier alpha value is -1.51. The second-order valence-corrected chi connectivity index (χ2v) is 9.98. The van der Waals surface area contributed by atoms with E-state index >= 15 is 0 Å². The van der Waals surface area contributed by atoms with Crippen molar-refractivity contribution in [2.45, 2.75) is 45.6 Å². The van der Waals surface area contributed by atoms with Crippen molar-refractivity contribution in [2.24, 2.45) is 11.8 Å². The van der Waals surface area contributed by atoms with Gasteiger partial charge < -0.3 is 19.9 Å². The number of likely N-dealkylation sites (tertiary alicyclic amines) is 1. The fourth-order valence-electron chi connectivity index (χ4n) is 4.34. The van der Waals surface area contributed by atoms with Crippen molar-refractivity contribution in [3.63, 3.8) is 0 Å². The maximum Gasteiger partial charge on any atom is 0.263 e. The van der Waals surface area contributed by atoms with Gasteiger partial charge in [0.2, 0.25) is 5.91 Å². The summed E-state index contributed by atoms with van der Waals surface area (Å²) in [5, 5.41) is 3.84.